The summed E-state index contributed by atoms with van der Waals surface area (Å²) in [5.41, 5.74) is 1.38. The van der Waals surface area contributed by atoms with E-state index in [2.05, 4.69) is 52.4 Å². The van der Waals surface area contributed by atoms with Crippen LogP contribution < -0.4 is 4.74 Å². The van der Waals surface area contributed by atoms with Crippen molar-refractivity contribution < 1.29 is 9.53 Å². The molecule has 1 aromatic carbocycles. The fraction of sp³-hybridized carbons (Fsp3) is 0.560. The Morgan fingerprint density at radius 1 is 1.20 bits per heavy atom. The van der Waals surface area contributed by atoms with Crippen molar-refractivity contribution in [3.63, 3.8) is 0 Å². The number of ether oxygens (including phenoxy) is 1. The van der Waals surface area contributed by atoms with E-state index in [-0.39, 0.29) is 0 Å². The van der Waals surface area contributed by atoms with E-state index in [1.54, 1.807) is 18.4 Å². The molecule has 4 nitrogen and oxygen atoms in total. The number of carbonyl (C=O) groups excluding carboxylic acids is 1. The number of thiophene rings is 1. The summed E-state index contributed by atoms with van der Waals surface area (Å²) in [6, 6.07) is 13.8. The molecule has 30 heavy (non-hydrogen) atoms. The summed E-state index contributed by atoms with van der Waals surface area (Å²) in [4.78, 5) is 18.8. The minimum Gasteiger partial charge on any atom is -0.497 e. The fourth-order valence-corrected chi connectivity index (χ4v) is 5.92. The third kappa shape index (κ3) is 5.06. The van der Waals surface area contributed by atoms with E-state index in [0.29, 0.717) is 30.3 Å². The van der Waals surface area contributed by atoms with Crippen LogP contribution in [0.4, 0.5) is 0 Å². The Bertz CT molecular complexity index is 805. The number of benzene rings is 1. The summed E-state index contributed by atoms with van der Waals surface area (Å²) in [5.74, 6) is 1.86. The molecule has 162 valence electrons. The van der Waals surface area contributed by atoms with Gasteiger partial charge in [-0.05, 0) is 80.6 Å². The normalized spacial score (nSPS) is 23.1. The first-order chi connectivity index (χ1) is 14.6. The second kappa shape index (κ2) is 9.97. The highest BCUT2D eigenvalue weighted by molar-refractivity contribution is 7.10. The van der Waals surface area contributed by atoms with Crippen LogP contribution >= 0.6 is 11.3 Å². The van der Waals surface area contributed by atoms with Gasteiger partial charge < -0.3 is 9.64 Å². The van der Waals surface area contributed by atoms with Crippen molar-refractivity contribution in [2.75, 3.05) is 26.7 Å². The van der Waals surface area contributed by atoms with E-state index in [0.717, 1.165) is 31.7 Å². The zero-order valence-corrected chi connectivity index (χ0v) is 19.1. The molecule has 2 fully saturated rings. The van der Waals surface area contributed by atoms with Crippen LogP contribution in [0.1, 0.15) is 43.0 Å². The monoisotopic (exact) mass is 426 g/mol. The number of aryl methyl sites for hydroxylation is 1. The second-order valence-electron chi connectivity index (χ2n) is 8.83. The zero-order chi connectivity index (χ0) is 20.9. The lowest BCUT2D eigenvalue weighted by Crippen LogP contribution is -2.57. The first-order valence-corrected chi connectivity index (χ1v) is 12.2. The van der Waals surface area contributed by atoms with Gasteiger partial charge in [-0.1, -0.05) is 18.2 Å². The molecule has 0 saturated carbocycles. The summed E-state index contributed by atoms with van der Waals surface area (Å²) in [6.07, 6.45) is 6.47. The van der Waals surface area contributed by atoms with Crippen LogP contribution in [0, 0.1) is 5.92 Å². The second-order valence-corrected chi connectivity index (χ2v) is 9.86. The van der Waals surface area contributed by atoms with E-state index in [9.17, 15) is 4.79 Å². The SMILES string of the molecule is COc1ccc(CC[C@@H](C)N2CCC[C@@H]3CN(C(=O)Cc4cccs4)CC[C@@H]32)cc1. The molecule has 0 radical (unpaired) electrons. The van der Waals surface area contributed by atoms with Crippen molar-refractivity contribution in [1.82, 2.24) is 9.80 Å². The predicted molar refractivity (Wildman–Crippen MR) is 123 cm³/mol. The van der Waals surface area contributed by atoms with Gasteiger partial charge in [-0.2, -0.15) is 0 Å². The zero-order valence-electron chi connectivity index (χ0n) is 18.3. The van der Waals surface area contributed by atoms with Crippen LogP contribution in [-0.4, -0.2) is 54.5 Å². The molecular weight excluding hydrogens is 392 g/mol. The average Bonchev–Trinajstić information content (AvgIpc) is 3.30. The smallest absolute Gasteiger partial charge is 0.227 e. The number of hydrogen-bond donors (Lipinski definition) is 0. The molecule has 1 aromatic heterocycles. The summed E-state index contributed by atoms with van der Waals surface area (Å²) in [7, 11) is 1.71. The molecule has 0 unspecified atom stereocenters. The Morgan fingerprint density at radius 2 is 2.03 bits per heavy atom. The van der Waals surface area contributed by atoms with Crippen molar-refractivity contribution in [3.05, 3.63) is 52.2 Å². The standard InChI is InChI=1S/C25H34N2O2S/c1-19(7-8-20-9-11-22(29-2)12-10-20)27-14-3-5-21-18-26(15-13-24(21)27)25(28)17-23-6-4-16-30-23/h4,6,9-12,16,19,21,24H,3,5,7-8,13-15,17-18H2,1-2H3/t19-,21-,24+/m1/s1. The molecule has 2 aliphatic rings. The van der Waals surface area contributed by atoms with Gasteiger partial charge in [0.2, 0.25) is 5.91 Å². The van der Waals surface area contributed by atoms with Gasteiger partial charge in [0.15, 0.2) is 0 Å². The van der Waals surface area contributed by atoms with Gasteiger partial charge in [-0.3, -0.25) is 9.69 Å². The molecule has 3 atom stereocenters. The van der Waals surface area contributed by atoms with Crippen LogP contribution in [0.2, 0.25) is 0 Å². The molecule has 4 rings (SSSR count). The number of likely N-dealkylation sites (tertiary alicyclic amines) is 2. The van der Waals surface area contributed by atoms with Gasteiger partial charge in [0, 0.05) is 30.1 Å². The number of fused-ring (bicyclic) bond motifs is 1. The summed E-state index contributed by atoms with van der Waals surface area (Å²) < 4.78 is 5.27. The van der Waals surface area contributed by atoms with Crippen molar-refractivity contribution in [2.45, 2.75) is 57.5 Å². The Balaban J connectivity index is 1.30. The van der Waals surface area contributed by atoms with Gasteiger partial charge in [0.05, 0.1) is 13.5 Å². The molecule has 0 spiro atoms. The van der Waals surface area contributed by atoms with E-state index in [1.807, 2.05) is 6.07 Å². The molecule has 0 N–H and O–H groups in total. The number of methoxy groups -OCH3 is 1. The van der Waals surface area contributed by atoms with Crippen LogP contribution in [0.15, 0.2) is 41.8 Å². The Hall–Kier alpha value is -1.85. The highest BCUT2D eigenvalue weighted by Crippen LogP contribution is 2.33. The van der Waals surface area contributed by atoms with Gasteiger partial charge in [0.25, 0.3) is 0 Å². The molecule has 3 heterocycles. The molecule has 2 aromatic rings. The van der Waals surface area contributed by atoms with Gasteiger partial charge >= 0.3 is 0 Å². The fourth-order valence-electron chi connectivity index (χ4n) is 5.22. The number of rotatable bonds is 7. The van der Waals surface area contributed by atoms with Crippen LogP contribution in [-0.2, 0) is 17.6 Å². The van der Waals surface area contributed by atoms with Crippen molar-refractivity contribution in [2.24, 2.45) is 5.92 Å². The lowest BCUT2D eigenvalue weighted by atomic mass is 9.82. The van der Waals surface area contributed by atoms with Crippen LogP contribution in [0.3, 0.4) is 0 Å². The average molecular weight is 427 g/mol. The molecule has 0 bridgehead atoms. The maximum atomic E-state index is 12.8. The predicted octanol–water partition coefficient (Wildman–Crippen LogP) is 4.63. The van der Waals surface area contributed by atoms with Crippen molar-refractivity contribution in [1.29, 1.82) is 0 Å². The lowest BCUT2D eigenvalue weighted by molar-refractivity contribution is -0.134. The van der Waals surface area contributed by atoms with Gasteiger partial charge in [-0.25, -0.2) is 0 Å². The summed E-state index contributed by atoms with van der Waals surface area (Å²) in [5, 5.41) is 2.06. The number of piperidine rings is 2. The largest absolute Gasteiger partial charge is 0.497 e. The van der Waals surface area contributed by atoms with E-state index >= 15 is 0 Å². The summed E-state index contributed by atoms with van der Waals surface area (Å²) >= 11 is 1.69. The van der Waals surface area contributed by atoms with E-state index in [4.69, 9.17) is 4.74 Å². The molecule has 5 heteroatoms. The number of nitrogens with zero attached hydrogens (tertiary/aromatic N) is 2. The molecule has 2 aliphatic heterocycles. The Morgan fingerprint density at radius 3 is 2.77 bits per heavy atom. The minimum absolute atomic E-state index is 0.306. The molecule has 1 amide bonds. The highest BCUT2D eigenvalue weighted by atomic mass is 32.1. The maximum absolute atomic E-state index is 12.8. The Kier molecular flexibility index (Phi) is 7.11. The quantitative estimate of drug-likeness (QED) is 0.647. The first kappa shape index (κ1) is 21.4. The first-order valence-electron chi connectivity index (χ1n) is 11.3. The number of carbonyl (C=O) groups is 1. The summed E-state index contributed by atoms with van der Waals surface area (Å²) in [6.45, 7) is 5.44. The molecular formula is C25H34N2O2S. The highest BCUT2D eigenvalue weighted by Gasteiger charge is 2.38. The van der Waals surface area contributed by atoms with Crippen LogP contribution in [0.5, 0.6) is 5.75 Å². The molecule has 0 aliphatic carbocycles. The van der Waals surface area contributed by atoms with E-state index in [1.165, 1.54) is 36.2 Å². The van der Waals surface area contributed by atoms with Gasteiger partial charge in [0.1, 0.15) is 5.75 Å². The number of hydrogen-bond acceptors (Lipinski definition) is 4. The third-order valence-corrected chi connectivity index (χ3v) is 7.82. The van der Waals surface area contributed by atoms with Gasteiger partial charge in [-0.15, -0.1) is 11.3 Å². The third-order valence-electron chi connectivity index (χ3n) is 6.95. The van der Waals surface area contributed by atoms with Crippen molar-refractivity contribution >= 4 is 17.2 Å². The maximum Gasteiger partial charge on any atom is 0.227 e. The van der Waals surface area contributed by atoms with E-state index < -0.39 is 0 Å². The topological polar surface area (TPSA) is 32.8 Å². The number of amides is 1. The Labute approximate surface area is 184 Å². The van der Waals surface area contributed by atoms with Crippen LogP contribution in [0.25, 0.3) is 0 Å². The lowest BCUT2D eigenvalue weighted by Gasteiger charge is -2.49. The van der Waals surface area contributed by atoms with Crippen molar-refractivity contribution in [3.8, 4) is 5.75 Å². The minimum atomic E-state index is 0.306. The molecule has 2 saturated heterocycles.